The summed E-state index contributed by atoms with van der Waals surface area (Å²) < 4.78 is 39.8. The highest BCUT2D eigenvalue weighted by Crippen LogP contribution is 2.31. The predicted octanol–water partition coefficient (Wildman–Crippen LogP) is 3.99. The number of alkyl halides is 3. The number of nitrogens with one attached hydrogen (secondary N) is 1. The smallest absolute Gasteiger partial charge is 0.382 e. The molecule has 0 saturated carbocycles. The van der Waals surface area contributed by atoms with Gasteiger partial charge in [-0.1, -0.05) is 36.4 Å². The lowest BCUT2D eigenvalue weighted by Gasteiger charge is -2.12. The van der Waals surface area contributed by atoms with Crippen molar-refractivity contribution in [3.8, 4) is 5.69 Å². The molecule has 0 unspecified atom stereocenters. The van der Waals surface area contributed by atoms with Gasteiger partial charge in [0.15, 0.2) is 11.5 Å². The molecule has 0 saturated heterocycles. The lowest BCUT2D eigenvalue weighted by atomic mass is 10.1. The van der Waals surface area contributed by atoms with Crippen LogP contribution in [-0.4, -0.2) is 20.9 Å². The van der Waals surface area contributed by atoms with Crippen LogP contribution in [0.3, 0.4) is 0 Å². The van der Waals surface area contributed by atoms with Gasteiger partial charge in [0, 0.05) is 5.69 Å². The first-order valence-corrected chi connectivity index (χ1v) is 8.51. The average molecular weight is 389 g/mol. The highest BCUT2D eigenvalue weighted by molar-refractivity contribution is 6.06. The molecular formula is C19H18F3N5O. The number of nitrogens with zero attached hydrogens (tertiary/aromatic N) is 3. The summed E-state index contributed by atoms with van der Waals surface area (Å²) in [5, 5.41) is 10.3. The standard InChI is InChI=1S/C19H18F3N5O/c1-3-12-7-4-6-11(2)15(12)24-18(28)16-17(23)27(26-25-16)14-9-5-8-13(10-14)19(20,21)22/h4-10H,3,23H2,1-2H3,(H,24,28). The van der Waals surface area contributed by atoms with Crippen molar-refractivity contribution in [3.63, 3.8) is 0 Å². The number of rotatable bonds is 4. The van der Waals surface area contributed by atoms with Crippen molar-refractivity contribution in [2.45, 2.75) is 26.4 Å². The highest BCUT2D eigenvalue weighted by atomic mass is 19.4. The normalized spacial score (nSPS) is 11.5. The van der Waals surface area contributed by atoms with E-state index in [0.29, 0.717) is 12.1 Å². The number of nitrogen functional groups attached to an aromatic ring is 1. The Bertz CT molecular complexity index is 1030. The van der Waals surface area contributed by atoms with Crippen LogP contribution < -0.4 is 11.1 Å². The Morgan fingerprint density at radius 1 is 1.21 bits per heavy atom. The van der Waals surface area contributed by atoms with Crippen molar-refractivity contribution in [2.75, 3.05) is 11.1 Å². The first kappa shape index (κ1) is 19.4. The summed E-state index contributed by atoms with van der Waals surface area (Å²) in [6.45, 7) is 3.82. The van der Waals surface area contributed by atoms with Crippen molar-refractivity contribution in [1.82, 2.24) is 15.0 Å². The second-order valence-electron chi connectivity index (χ2n) is 6.20. The molecule has 0 bridgehead atoms. The van der Waals surface area contributed by atoms with Crippen LogP contribution in [0.2, 0.25) is 0 Å². The quantitative estimate of drug-likeness (QED) is 0.706. The van der Waals surface area contributed by atoms with Crippen molar-refractivity contribution < 1.29 is 18.0 Å². The Balaban J connectivity index is 1.93. The second kappa shape index (κ2) is 7.34. The molecule has 0 radical (unpaired) electrons. The van der Waals surface area contributed by atoms with Crippen molar-refractivity contribution in [3.05, 3.63) is 64.8 Å². The third-order valence-corrected chi connectivity index (χ3v) is 4.32. The molecule has 3 aromatic rings. The third kappa shape index (κ3) is 3.68. The summed E-state index contributed by atoms with van der Waals surface area (Å²) in [5.74, 6) is -0.733. The summed E-state index contributed by atoms with van der Waals surface area (Å²) >= 11 is 0. The van der Waals surface area contributed by atoms with Gasteiger partial charge >= 0.3 is 6.18 Å². The fourth-order valence-electron chi connectivity index (χ4n) is 2.83. The number of hydrogen-bond acceptors (Lipinski definition) is 4. The van der Waals surface area contributed by atoms with Gasteiger partial charge in [-0.05, 0) is 42.7 Å². The molecular weight excluding hydrogens is 371 g/mol. The number of carbonyl (C=O) groups is 1. The molecule has 28 heavy (non-hydrogen) atoms. The third-order valence-electron chi connectivity index (χ3n) is 4.32. The van der Waals surface area contributed by atoms with Crippen LogP contribution in [0, 0.1) is 6.92 Å². The first-order chi connectivity index (χ1) is 13.2. The van der Waals surface area contributed by atoms with E-state index in [0.717, 1.165) is 27.9 Å². The minimum atomic E-state index is -4.51. The number of benzene rings is 2. The summed E-state index contributed by atoms with van der Waals surface area (Å²) in [5.41, 5.74) is 7.47. The molecule has 6 nitrogen and oxygen atoms in total. The van der Waals surface area contributed by atoms with E-state index in [1.807, 2.05) is 32.0 Å². The van der Waals surface area contributed by atoms with E-state index in [1.54, 1.807) is 0 Å². The highest BCUT2D eigenvalue weighted by Gasteiger charge is 2.31. The number of carbonyl (C=O) groups excluding carboxylic acids is 1. The number of nitrogens with two attached hydrogens (primary N) is 1. The summed E-state index contributed by atoms with van der Waals surface area (Å²) in [4.78, 5) is 12.6. The zero-order valence-corrected chi connectivity index (χ0v) is 15.2. The molecule has 9 heteroatoms. The minimum Gasteiger partial charge on any atom is -0.382 e. The van der Waals surface area contributed by atoms with Gasteiger partial charge < -0.3 is 11.1 Å². The Morgan fingerprint density at radius 2 is 1.93 bits per heavy atom. The fourth-order valence-corrected chi connectivity index (χ4v) is 2.83. The molecule has 1 aromatic heterocycles. The molecule has 1 heterocycles. The fraction of sp³-hybridized carbons (Fsp3) is 0.211. The SMILES string of the molecule is CCc1cccc(C)c1NC(=O)c1nnn(-c2cccc(C(F)(F)F)c2)c1N. The van der Waals surface area contributed by atoms with Crippen LogP contribution in [0.15, 0.2) is 42.5 Å². The Hall–Kier alpha value is -3.36. The second-order valence-corrected chi connectivity index (χ2v) is 6.20. The van der Waals surface area contributed by atoms with Crippen LogP contribution in [0.1, 0.15) is 34.1 Å². The molecule has 0 aliphatic heterocycles. The summed E-state index contributed by atoms with van der Waals surface area (Å²) in [7, 11) is 0. The van der Waals surface area contributed by atoms with Crippen LogP contribution in [0.5, 0.6) is 0 Å². The van der Waals surface area contributed by atoms with Crippen LogP contribution in [0.25, 0.3) is 5.69 Å². The van der Waals surface area contributed by atoms with E-state index >= 15 is 0 Å². The van der Waals surface area contributed by atoms with E-state index in [1.165, 1.54) is 12.1 Å². The molecule has 1 amide bonds. The monoisotopic (exact) mass is 389 g/mol. The van der Waals surface area contributed by atoms with Crippen molar-refractivity contribution in [2.24, 2.45) is 0 Å². The molecule has 0 aliphatic rings. The van der Waals surface area contributed by atoms with Crippen molar-refractivity contribution in [1.29, 1.82) is 0 Å². The number of amides is 1. The molecule has 146 valence electrons. The number of aromatic nitrogens is 3. The number of aryl methyl sites for hydroxylation is 2. The van der Waals surface area contributed by atoms with Gasteiger partial charge in [0.1, 0.15) is 0 Å². The summed E-state index contributed by atoms with van der Waals surface area (Å²) in [6, 6.07) is 10.1. The van der Waals surface area contributed by atoms with Gasteiger partial charge in [0.2, 0.25) is 0 Å². The van der Waals surface area contributed by atoms with Gasteiger partial charge in [-0.3, -0.25) is 4.79 Å². The molecule has 0 fully saturated rings. The maximum Gasteiger partial charge on any atom is 0.416 e. The van der Waals surface area contributed by atoms with Gasteiger partial charge in [-0.15, -0.1) is 5.10 Å². The van der Waals surface area contributed by atoms with Gasteiger partial charge in [-0.2, -0.15) is 17.9 Å². The first-order valence-electron chi connectivity index (χ1n) is 8.51. The Labute approximate surface area is 159 Å². The molecule has 0 aliphatic carbocycles. The lowest BCUT2D eigenvalue weighted by molar-refractivity contribution is -0.137. The number of halogens is 3. The van der Waals surface area contributed by atoms with E-state index in [9.17, 15) is 18.0 Å². The van der Waals surface area contributed by atoms with Crippen molar-refractivity contribution >= 4 is 17.4 Å². The summed E-state index contributed by atoms with van der Waals surface area (Å²) in [6.07, 6.45) is -3.79. The zero-order chi connectivity index (χ0) is 20.5. The number of hydrogen-bond donors (Lipinski definition) is 2. The molecule has 3 N–H and O–H groups in total. The molecule has 2 aromatic carbocycles. The van der Waals surface area contributed by atoms with Crippen LogP contribution in [0.4, 0.5) is 24.7 Å². The minimum absolute atomic E-state index is 0.0593. The van der Waals surface area contributed by atoms with Gasteiger partial charge in [0.05, 0.1) is 11.3 Å². The Kier molecular flexibility index (Phi) is 5.08. The van der Waals surface area contributed by atoms with E-state index in [4.69, 9.17) is 5.73 Å². The van der Waals surface area contributed by atoms with E-state index in [-0.39, 0.29) is 17.2 Å². The zero-order valence-electron chi connectivity index (χ0n) is 15.2. The van der Waals surface area contributed by atoms with Crippen LogP contribution >= 0.6 is 0 Å². The van der Waals surface area contributed by atoms with Gasteiger partial charge in [-0.25, -0.2) is 0 Å². The van der Waals surface area contributed by atoms with E-state index < -0.39 is 17.6 Å². The average Bonchev–Trinajstić information content (AvgIpc) is 3.04. The predicted molar refractivity (Wildman–Crippen MR) is 99.3 cm³/mol. The van der Waals surface area contributed by atoms with Gasteiger partial charge in [0.25, 0.3) is 5.91 Å². The van der Waals surface area contributed by atoms with Crippen LogP contribution in [-0.2, 0) is 12.6 Å². The topological polar surface area (TPSA) is 85.8 Å². The molecule has 0 spiro atoms. The number of anilines is 2. The Morgan fingerprint density at radius 3 is 2.61 bits per heavy atom. The number of para-hydroxylation sites is 1. The molecule has 0 atom stereocenters. The van der Waals surface area contributed by atoms with E-state index in [2.05, 4.69) is 15.6 Å². The molecule has 3 rings (SSSR count). The lowest BCUT2D eigenvalue weighted by Crippen LogP contribution is -2.17. The maximum atomic E-state index is 12.9. The maximum absolute atomic E-state index is 12.9. The largest absolute Gasteiger partial charge is 0.416 e.